The van der Waals surface area contributed by atoms with Crippen molar-refractivity contribution < 1.29 is 0 Å². The van der Waals surface area contributed by atoms with Gasteiger partial charge in [0.05, 0.1) is 22.8 Å². The highest BCUT2D eigenvalue weighted by Crippen LogP contribution is 2.35. The van der Waals surface area contributed by atoms with Crippen LogP contribution in [-0.4, -0.2) is 19.9 Å². The van der Waals surface area contributed by atoms with Gasteiger partial charge in [0.15, 0.2) is 0 Å². The first-order valence-corrected chi connectivity index (χ1v) is 11.3. The maximum absolute atomic E-state index is 5.00. The van der Waals surface area contributed by atoms with Gasteiger partial charge in [0.2, 0.25) is 0 Å². The lowest BCUT2D eigenvalue weighted by Crippen LogP contribution is -1.90. The molecule has 5 aromatic rings. The van der Waals surface area contributed by atoms with Gasteiger partial charge in [-0.25, -0.2) is 9.97 Å². The highest BCUT2D eigenvalue weighted by molar-refractivity contribution is 6.01. The minimum atomic E-state index is 0.911. The highest BCUT2D eigenvalue weighted by Gasteiger charge is 2.16. The third-order valence-electron chi connectivity index (χ3n) is 6.27. The predicted molar refractivity (Wildman–Crippen MR) is 142 cm³/mol. The molecule has 0 fully saturated rings. The lowest BCUT2D eigenvalue weighted by Gasteiger charge is -2.09. The zero-order valence-corrected chi connectivity index (χ0v) is 18.3. The molecule has 160 valence electrons. The monoisotopic (exact) mass is 436 g/mol. The molecule has 34 heavy (non-hydrogen) atoms. The van der Waals surface area contributed by atoms with E-state index in [1.165, 1.54) is 10.8 Å². The fraction of sp³-hybridized carbons (Fsp3) is 0. The SMILES string of the molecule is C1=Cc2nc1cc1ccc(cc3ccc(cc4nc(c2-c2cccc5ccccc25)C=C4)[nH]3)[nH]1. The van der Waals surface area contributed by atoms with Crippen molar-refractivity contribution in [3.05, 3.63) is 108 Å². The Labute approximate surface area is 196 Å². The standard InChI is InChI=1S/C30H20N4/c1-2-6-26-19(4-1)5-3-7-27(26)30-28-14-12-24(33-28)17-22-10-8-20(31-22)16-21-9-11-23(32-21)18-25-13-15-29(30)34-25/h1-18,31-32H. The zero-order valence-electron chi connectivity index (χ0n) is 18.3. The van der Waals surface area contributed by atoms with E-state index in [0.717, 1.165) is 56.0 Å². The Kier molecular flexibility index (Phi) is 4.11. The number of nitrogens with zero attached hydrogens (tertiary/aromatic N) is 2. The van der Waals surface area contributed by atoms with Gasteiger partial charge in [-0.2, -0.15) is 0 Å². The van der Waals surface area contributed by atoms with Gasteiger partial charge < -0.3 is 9.97 Å². The lowest BCUT2D eigenvalue weighted by molar-refractivity contribution is 1.28. The van der Waals surface area contributed by atoms with Gasteiger partial charge in [-0.15, -0.1) is 0 Å². The molecular formula is C30H20N4. The molecule has 0 spiro atoms. The second kappa shape index (κ2) is 7.42. The summed E-state index contributed by atoms with van der Waals surface area (Å²) in [5.41, 5.74) is 9.93. The van der Waals surface area contributed by atoms with E-state index in [9.17, 15) is 0 Å². The predicted octanol–water partition coefficient (Wildman–Crippen LogP) is 7.48. The minimum absolute atomic E-state index is 0.911. The van der Waals surface area contributed by atoms with Crippen LogP contribution in [0.1, 0.15) is 22.8 Å². The van der Waals surface area contributed by atoms with E-state index >= 15 is 0 Å². The van der Waals surface area contributed by atoms with E-state index in [2.05, 4.69) is 119 Å². The summed E-state index contributed by atoms with van der Waals surface area (Å²) < 4.78 is 0. The summed E-state index contributed by atoms with van der Waals surface area (Å²) in [4.78, 5) is 16.9. The Balaban J connectivity index is 1.61. The molecule has 8 bridgehead atoms. The fourth-order valence-corrected chi connectivity index (χ4v) is 4.73. The van der Waals surface area contributed by atoms with Crippen molar-refractivity contribution in [1.82, 2.24) is 19.9 Å². The van der Waals surface area contributed by atoms with Crippen LogP contribution in [0.3, 0.4) is 0 Å². The number of hydrogen-bond donors (Lipinski definition) is 2. The average Bonchev–Trinajstić information content (AvgIpc) is 3.65. The van der Waals surface area contributed by atoms with Gasteiger partial charge in [0.25, 0.3) is 0 Å². The molecule has 0 unspecified atom stereocenters. The van der Waals surface area contributed by atoms with E-state index < -0.39 is 0 Å². The van der Waals surface area contributed by atoms with Gasteiger partial charge in [-0.1, -0.05) is 42.5 Å². The molecule has 2 N–H and O–H groups in total. The van der Waals surface area contributed by atoms with E-state index in [4.69, 9.17) is 9.97 Å². The third-order valence-corrected chi connectivity index (χ3v) is 6.27. The maximum Gasteiger partial charge on any atom is 0.0738 e. The summed E-state index contributed by atoms with van der Waals surface area (Å²) >= 11 is 0. The van der Waals surface area contributed by atoms with Crippen LogP contribution in [0.2, 0.25) is 0 Å². The molecule has 0 saturated carbocycles. The first-order chi connectivity index (χ1) is 16.8. The first-order valence-electron chi connectivity index (χ1n) is 11.3. The summed E-state index contributed by atoms with van der Waals surface area (Å²) in [5, 5.41) is 2.39. The van der Waals surface area contributed by atoms with Crippen LogP contribution in [0, 0.1) is 0 Å². The van der Waals surface area contributed by atoms with Gasteiger partial charge in [0, 0.05) is 27.6 Å². The molecule has 3 aromatic heterocycles. The second-order valence-electron chi connectivity index (χ2n) is 8.58. The van der Waals surface area contributed by atoms with Crippen LogP contribution >= 0.6 is 0 Å². The normalized spacial score (nSPS) is 12.5. The Morgan fingerprint density at radius 1 is 0.500 bits per heavy atom. The molecule has 0 saturated heterocycles. The molecule has 0 amide bonds. The molecule has 7 rings (SSSR count). The average molecular weight is 437 g/mol. The number of hydrogen-bond acceptors (Lipinski definition) is 2. The van der Waals surface area contributed by atoms with Crippen LogP contribution in [0.25, 0.3) is 68.3 Å². The number of nitrogens with one attached hydrogen (secondary N) is 2. The Morgan fingerprint density at radius 3 is 1.71 bits per heavy atom. The van der Waals surface area contributed by atoms with E-state index in [1.54, 1.807) is 0 Å². The minimum Gasteiger partial charge on any atom is -0.355 e. The Bertz CT molecular complexity index is 1720. The maximum atomic E-state index is 5.00. The molecule has 2 aromatic carbocycles. The molecule has 5 heterocycles. The van der Waals surface area contributed by atoms with Gasteiger partial charge in [-0.05, 0) is 83.1 Å². The topological polar surface area (TPSA) is 57.4 Å². The summed E-state index contributed by atoms with van der Waals surface area (Å²) in [6.45, 7) is 0. The molecule has 4 heteroatoms. The van der Waals surface area contributed by atoms with Crippen molar-refractivity contribution in [3.63, 3.8) is 0 Å². The number of fused-ring (bicyclic) bond motifs is 9. The van der Waals surface area contributed by atoms with Crippen LogP contribution in [0.4, 0.5) is 0 Å². The highest BCUT2D eigenvalue weighted by atomic mass is 14.8. The van der Waals surface area contributed by atoms with E-state index in [1.807, 2.05) is 0 Å². The molecule has 2 aliphatic heterocycles. The van der Waals surface area contributed by atoms with Gasteiger partial charge in [0.1, 0.15) is 0 Å². The molecular weight excluding hydrogens is 416 g/mol. The molecule has 0 atom stereocenters. The molecule has 4 nitrogen and oxygen atoms in total. The number of aromatic amines is 2. The van der Waals surface area contributed by atoms with Crippen LogP contribution < -0.4 is 0 Å². The van der Waals surface area contributed by atoms with Crippen LogP contribution in [-0.2, 0) is 0 Å². The van der Waals surface area contributed by atoms with Gasteiger partial charge in [-0.3, -0.25) is 0 Å². The van der Waals surface area contributed by atoms with Crippen molar-refractivity contribution in [2.45, 2.75) is 0 Å². The van der Waals surface area contributed by atoms with Crippen molar-refractivity contribution in [1.29, 1.82) is 0 Å². The van der Waals surface area contributed by atoms with Crippen molar-refractivity contribution in [2.75, 3.05) is 0 Å². The zero-order chi connectivity index (χ0) is 22.5. The Hall–Kier alpha value is -4.70. The van der Waals surface area contributed by atoms with Crippen molar-refractivity contribution in [2.24, 2.45) is 0 Å². The van der Waals surface area contributed by atoms with Crippen LogP contribution in [0.15, 0.2) is 84.9 Å². The third kappa shape index (κ3) is 3.24. The molecule has 0 aliphatic carbocycles. The fourth-order valence-electron chi connectivity index (χ4n) is 4.73. The quantitative estimate of drug-likeness (QED) is 0.280. The summed E-state index contributed by atoms with van der Waals surface area (Å²) in [5.74, 6) is 0. The largest absolute Gasteiger partial charge is 0.355 e. The lowest BCUT2D eigenvalue weighted by atomic mass is 9.96. The summed E-state index contributed by atoms with van der Waals surface area (Å²) in [6, 6.07) is 29.4. The van der Waals surface area contributed by atoms with Crippen molar-refractivity contribution in [3.8, 4) is 11.1 Å². The Morgan fingerprint density at radius 2 is 1.06 bits per heavy atom. The number of benzene rings is 2. The first kappa shape index (κ1) is 18.8. The molecule has 0 radical (unpaired) electrons. The van der Waals surface area contributed by atoms with Crippen molar-refractivity contribution >= 4 is 57.1 Å². The van der Waals surface area contributed by atoms with E-state index in [0.29, 0.717) is 0 Å². The number of rotatable bonds is 1. The van der Waals surface area contributed by atoms with E-state index in [-0.39, 0.29) is 0 Å². The number of aromatic nitrogens is 4. The smallest absolute Gasteiger partial charge is 0.0738 e. The summed E-state index contributed by atoms with van der Waals surface area (Å²) in [6.07, 6.45) is 8.31. The van der Waals surface area contributed by atoms with Gasteiger partial charge >= 0.3 is 0 Å². The molecule has 2 aliphatic rings. The van der Waals surface area contributed by atoms with Crippen LogP contribution in [0.5, 0.6) is 0 Å². The number of H-pyrrole nitrogens is 2. The summed E-state index contributed by atoms with van der Waals surface area (Å²) in [7, 11) is 0. The second-order valence-corrected chi connectivity index (χ2v) is 8.58.